The van der Waals surface area contributed by atoms with Crippen LogP contribution >= 0.6 is 11.3 Å². The Balaban J connectivity index is 1.94. The molecule has 1 aromatic rings. The molecular weight excluding hydrogens is 220 g/mol. The van der Waals surface area contributed by atoms with Crippen molar-refractivity contribution < 1.29 is 4.79 Å². The van der Waals surface area contributed by atoms with Gasteiger partial charge < -0.3 is 10.2 Å². The molecule has 0 aliphatic carbocycles. The average molecular weight is 238 g/mol. The molecule has 1 fully saturated rings. The molecular formula is C12H18N2OS. The second-order valence-electron chi connectivity index (χ2n) is 4.52. The largest absolute Gasteiger partial charge is 0.340 e. The minimum atomic E-state index is 0.157. The summed E-state index contributed by atoms with van der Waals surface area (Å²) in [6, 6.07) is 4.10. The molecule has 0 aromatic carbocycles. The Morgan fingerprint density at radius 2 is 2.44 bits per heavy atom. The van der Waals surface area contributed by atoms with Crippen LogP contribution in [0.1, 0.15) is 11.8 Å². The quantitative estimate of drug-likeness (QED) is 0.867. The minimum absolute atomic E-state index is 0.157. The van der Waals surface area contributed by atoms with E-state index in [9.17, 15) is 4.79 Å². The van der Waals surface area contributed by atoms with Crippen LogP contribution in [-0.2, 0) is 11.3 Å². The van der Waals surface area contributed by atoms with Gasteiger partial charge in [0, 0.05) is 18.5 Å². The second kappa shape index (κ2) is 4.97. The molecule has 1 amide bonds. The maximum atomic E-state index is 12.2. The number of nitrogens with zero attached hydrogens (tertiary/aromatic N) is 1. The molecule has 0 radical (unpaired) electrons. The number of nitrogens with one attached hydrogen (secondary N) is 1. The SMILES string of the molecule is CC1CNCC1C(=O)N(C)Cc1cccs1. The second-order valence-corrected chi connectivity index (χ2v) is 5.55. The van der Waals surface area contributed by atoms with E-state index in [1.807, 2.05) is 23.4 Å². The maximum absolute atomic E-state index is 12.2. The van der Waals surface area contributed by atoms with Crippen LogP contribution in [0.2, 0.25) is 0 Å². The van der Waals surface area contributed by atoms with Gasteiger partial charge in [-0.1, -0.05) is 13.0 Å². The molecule has 1 aliphatic rings. The molecule has 2 unspecified atom stereocenters. The summed E-state index contributed by atoms with van der Waals surface area (Å²) in [5.74, 6) is 0.883. The Hall–Kier alpha value is -0.870. The van der Waals surface area contributed by atoms with E-state index in [4.69, 9.17) is 0 Å². The van der Waals surface area contributed by atoms with Gasteiger partial charge in [-0.15, -0.1) is 11.3 Å². The monoisotopic (exact) mass is 238 g/mol. The lowest BCUT2D eigenvalue weighted by molar-refractivity contribution is -0.135. The highest BCUT2D eigenvalue weighted by atomic mass is 32.1. The Morgan fingerprint density at radius 3 is 3.00 bits per heavy atom. The van der Waals surface area contributed by atoms with Gasteiger partial charge in [0.25, 0.3) is 0 Å². The van der Waals surface area contributed by atoms with Gasteiger partial charge in [-0.2, -0.15) is 0 Å². The summed E-state index contributed by atoms with van der Waals surface area (Å²) in [6.45, 7) is 4.67. The minimum Gasteiger partial charge on any atom is -0.340 e. The van der Waals surface area contributed by atoms with E-state index >= 15 is 0 Å². The molecule has 1 saturated heterocycles. The highest BCUT2D eigenvalue weighted by Gasteiger charge is 2.31. The molecule has 1 aromatic heterocycles. The van der Waals surface area contributed by atoms with Crippen molar-refractivity contribution in [3.63, 3.8) is 0 Å². The lowest BCUT2D eigenvalue weighted by atomic mass is 9.97. The third-order valence-electron chi connectivity index (χ3n) is 3.18. The van der Waals surface area contributed by atoms with Gasteiger partial charge in [-0.05, 0) is 23.9 Å². The molecule has 1 aliphatic heterocycles. The molecule has 3 nitrogen and oxygen atoms in total. The average Bonchev–Trinajstić information content (AvgIpc) is 2.88. The molecule has 2 rings (SSSR count). The van der Waals surface area contributed by atoms with E-state index < -0.39 is 0 Å². The smallest absolute Gasteiger partial charge is 0.227 e. The Bertz CT molecular complexity index is 350. The highest BCUT2D eigenvalue weighted by Crippen LogP contribution is 2.20. The van der Waals surface area contributed by atoms with Crippen molar-refractivity contribution in [1.82, 2.24) is 10.2 Å². The van der Waals surface area contributed by atoms with E-state index in [1.165, 1.54) is 4.88 Å². The standard InChI is InChI=1S/C12H18N2OS/c1-9-6-13-7-11(9)12(15)14(2)8-10-4-3-5-16-10/h3-5,9,11,13H,6-8H2,1-2H3. The lowest BCUT2D eigenvalue weighted by Crippen LogP contribution is -2.35. The molecule has 1 N–H and O–H groups in total. The first-order valence-corrected chi connectivity index (χ1v) is 6.54. The van der Waals surface area contributed by atoms with Crippen LogP contribution in [0, 0.1) is 11.8 Å². The van der Waals surface area contributed by atoms with E-state index in [-0.39, 0.29) is 11.8 Å². The summed E-state index contributed by atoms with van der Waals surface area (Å²) in [5.41, 5.74) is 0. The zero-order valence-corrected chi connectivity index (χ0v) is 10.6. The Labute approximate surface area is 100 Å². The summed E-state index contributed by atoms with van der Waals surface area (Å²) >= 11 is 1.70. The number of thiophene rings is 1. The predicted octanol–water partition coefficient (Wildman–Crippen LogP) is 1.56. The molecule has 0 saturated carbocycles. The first kappa shape index (κ1) is 11.6. The van der Waals surface area contributed by atoms with Gasteiger partial charge >= 0.3 is 0 Å². The zero-order chi connectivity index (χ0) is 11.5. The van der Waals surface area contributed by atoms with Gasteiger partial charge in [0.2, 0.25) is 5.91 Å². The molecule has 2 heterocycles. The number of hydrogen-bond acceptors (Lipinski definition) is 3. The molecule has 16 heavy (non-hydrogen) atoms. The fraction of sp³-hybridized carbons (Fsp3) is 0.583. The van der Waals surface area contributed by atoms with Crippen molar-refractivity contribution in [2.45, 2.75) is 13.5 Å². The Morgan fingerprint density at radius 1 is 1.62 bits per heavy atom. The first-order chi connectivity index (χ1) is 7.68. The molecule has 88 valence electrons. The first-order valence-electron chi connectivity index (χ1n) is 5.66. The van der Waals surface area contributed by atoms with E-state index in [0.29, 0.717) is 5.92 Å². The summed E-state index contributed by atoms with van der Waals surface area (Å²) in [4.78, 5) is 15.3. The van der Waals surface area contributed by atoms with Gasteiger partial charge in [0.05, 0.1) is 12.5 Å². The molecule has 0 spiro atoms. The number of amides is 1. The summed E-state index contributed by atoms with van der Waals surface area (Å²) in [5, 5.41) is 5.32. The van der Waals surface area contributed by atoms with Crippen LogP contribution in [-0.4, -0.2) is 30.9 Å². The third-order valence-corrected chi connectivity index (χ3v) is 4.05. The van der Waals surface area contributed by atoms with Crippen LogP contribution in [0.3, 0.4) is 0 Å². The van der Waals surface area contributed by atoms with E-state index in [1.54, 1.807) is 11.3 Å². The number of hydrogen-bond donors (Lipinski definition) is 1. The van der Waals surface area contributed by atoms with E-state index in [0.717, 1.165) is 19.6 Å². The maximum Gasteiger partial charge on any atom is 0.227 e. The van der Waals surface area contributed by atoms with Crippen molar-refractivity contribution in [1.29, 1.82) is 0 Å². The highest BCUT2D eigenvalue weighted by molar-refractivity contribution is 7.09. The van der Waals surface area contributed by atoms with Crippen molar-refractivity contribution >= 4 is 17.2 Å². The van der Waals surface area contributed by atoms with Crippen molar-refractivity contribution in [2.24, 2.45) is 11.8 Å². The predicted molar refractivity (Wildman–Crippen MR) is 66.3 cm³/mol. The zero-order valence-electron chi connectivity index (χ0n) is 9.77. The van der Waals surface area contributed by atoms with Gasteiger partial charge in [0.1, 0.15) is 0 Å². The molecule has 0 bridgehead atoms. The number of carbonyl (C=O) groups is 1. The van der Waals surface area contributed by atoms with Crippen molar-refractivity contribution in [3.8, 4) is 0 Å². The fourth-order valence-electron chi connectivity index (χ4n) is 2.14. The number of rotatable bonds is 3. The normalized spacial score (nSPS) is 24.6. The van der Waals surface area contributed by atoms with Crippen molar-refractivity contribution in [2.75, 3.05) is 20.1 Å². The molecule has 4 heteroatoms. The topological polar surface area (TPSA) is 32.3 Å². The van der Waals surface area contributed by atoms with Crippen LogP contribution in [0.15, 0.2) is 17.5 Å². The van der Waals surface area contributed by atoms with Crippen LogP contribution in [0.5, 0.6) is 0 Å². The third kappa shape index (κ3) is 2.44. The van der Waals surface area contributed by atoms with Crippen molar-refractivity contribution in [3.05, 3.63) is 22.4 Å². The Kier molecular flexibility index (Phi) is 3.61. The summed E-state index contributed by atoms with van der Waals surface area (Å²) in [6.07, 6.45) is 0. The number of carbonyl (C=O) groups excluding carboxylic acids is 1. The van der Waals surface area contributed by atoms with Crippen LogP contribution < -0.4 is 5.32 Å². The molecule has 2 atom stereocenters. The van der Waals surface area contributed by atoms with Gasteiger partial charge in [-0.25, -0.2) is 0 Å². The van der Waals surface area contributed by atoms with E-state index in [2.05, 4.69) is 18.3 Å². The summed E-state index contributed by atoms with van der Waals surface area (Å²) < 4.78 is 0. The van der Waals surface area contributed by atoms with Gasteiger partial charge in [0.15, 0.2) is 0 Å². The van der Waals surface area contributed by atoms with Crippen LogP contribution in [0.4, 0.5) is 0 Å². The van der Waals surface area contributed by atoms with Gasteiger partial charge in [-0.3, -0.25) is 4.79 Å². The fourth-order valence-corrected chi connectivity index (χ4v) is 2.90. The van der Waals surface area contributed by atoms with Crippen LogP contribution in [0.25, 0.3) is 0 Å². The lowest BCUT2D eigenvalue weighted by Gasteiger charge is -2.22. The summed E-state index contributed by atoms with van der Waals surface area (Å²) in [7, 11) is 1.90.